The highest BCUT2D eigenvalue weighted by molar-refractivity contribution is 5.41. The smallest absolute Gasteiger partial charge is 0.119 e. The summed E-state index contributed by atoms with van der Waals surface area (Å²) in [5.41, 5.74) is 8.76. The van der Waals surface area contributed by atoms with E-state index in [9.17, 15) is 0 Å². The summed E-state index contributed by atoms with van der Waals surface area (Å²) in [6.45, 7) is 4.63. The molecule has 0 heterocycles. The summed E-state index contributed by atoms with van der Waals surface area (Å²) in [6.07, 6.45) is 10.0. The molecule has 0 spiro atoms. The molecular formula is C22H28O. The van der Waals surface area contributed by atoms with Gasteiger partial charge in [0.15, 0.2) is 0 Å². The molecule has 2 saturated carbocycles. The van der Waals surface area contributed by atoms with Gasteiger partial charge >= 0.3 is 0 Å². The van der Waals surface area contributed by atoms with Gasteiger partial charge < -0.3 is 4.74 Å². The number of benzene rings is 1. The molecule has 23 heavy (non-hydrogen) atoms. The lowest BCUT2D eigenvalue weighted by atomic mass is 9.55. The van der Waals surface area contributed by atoms with Gasteiger partial charge in [-0.1, -0.05) is 13.0 Å². The Morgan fingerprint density at radius 2 is 2.09 bits per heavy atom. The number of rotatable bonds is 1. The van der Waals surface area contributed by atoms with Crippen molar-refractivity contribution in [3.8, 4) is 5.75 Å². The number of fused-ring (bicyclic) bond motifs is 5. The molecule has 2 fully saturated rings. The van der Waals surface area contributed by atoms with E-state index in [2.05, 4.69) is 43.9 Å². The van der Waals surface area contributed by atoms with E-state index in [0.29, 0.717) is 5.41 Å². The number of aryl methyl sites for hydroxylation is 1. The molecule has 0 bridgehead atoms. The SMILES string of the molecule is CC=C=C1CCC2C3CCc4cc(OC)ccc4C3CCC12C. The Balaban J connectivity index is 1.69. The van der Waals surface area contributed by atoms with Crippen LogP contribution in [0.4, 0.5) is 0 Å². The van der Waals surface area contributed by atoms with Crippen LogP contribution < -0.4 is 4.74 Å². The number of hydrogen-bond acceptors (Lipinski definition) is 1. The number of methoxy groups -OCH3 is 1. The first-order valence-electron chi connectivity index (χ1n) is 9.25. The van der Waals surface area contributed by atoms with Gasteiger partial charge in [0.05, 0.1) is 7.11 Å². The van der Waals surface area contributed by atoms with Crippen molar-refractivity contribution in [1.82, 2.24) is 0 Å². The van der Waals surface area contributed by atoms with Gasteiger partial charge in [-0.25, -0.2) is 0 Å². The Hall–Kier alpha value is -1.46. The average molecular weight is 308 g/mol. The fraction of sp³-hybridized carbons (Fsp3) is 0.591. The van der Waals surface area contributed by atoms with Gasteiger partial charge in [0.2, 0.25) is 0 Å². The Morgan fingerprint density at radius 1 is 1.22 bits per heavy atom. The van der Waals surface area contributed by atoms with Crippen molar-refractivity contribution in [3.05, 3.63) is 46.7 Å². The summed E-state index contributed by atoms with van der Waals surface area (Å²) in [5, 5.41) is 0. The molecule has 122 valence electrons. The Kier molecular flexibility index (Phi) is 3.65. The molecule has 3 aliphatic carbocycles. The van der Waals surface area contributed by atoms with Crippen LogP contribution in [0.1, 0.15) is 63.0 Å². The normalized spacial score (nSPS) is 34.9. The minimum atomic E-state index is 0.414. The molecule has 1 aromatic carbocycles. The minimum Gasteiger partial charge on any atom is -0.497 e. The molecule has 0 aliphatic heterocycles. The lowest BCUT2D eigenvalue weighted by Crippen LogP contribution is -2.40. The summed E-state index contributed by atoms with van der Waals surface area (Å²) in [5.74, 6) is 3.51. The Morgan fingerprint density at radius 3 is 2.87 bits per heavy atom. The minimum absolute atomic E-state index is 0.414. The van der Waals surface area contributed by atoms with Gasteiger partial charge in [-0.3, -0.25) is 0 Å². The van der Waals surface area contributed by atoms with Gasteiger partial charge in [0.1, 0.15) is 5.75 Å². The highest BCUT2D eigenvalue weighted by atomic mass is 16.5. The maximum atomic E-state index is 5.43. The second-order valence-electron chi connectivity index (χ2n) is 7.89. The van der Waals surface area contributed by atoms with Crippen molar-refractivity contribution in [2.24, 2.45) is 17.3 Å². The van der Waals surface area contributed by atoms with Gasteiger partial charge in [-0.05, 0) is 104 Å². The molecule has 0 amide bonds. The van der Waals surface area contributed by atoms with E-state index >= 15 is 0 Å². The maximum absolute atomic E-state index is 5.43. The first kappa shape index (κ1) is 15.1. The van der Waals surface area contributed by atoms with E-state index in [4.69, 9.17) is 4.74 Å². The van der Waals surface area contributed by atoms with E-state index in [1.807, 2.05) is 0 Å². The molecule has 4 rings (SSSR count). The quantitative estimate of drug-likeness (QED) is 0.609. The van der Waals surface area contributed by atoms with Crippen LogP contribution in [0.2, 0.25) is 0 Å². The molecule has 4 unspecified atom stereocenters. The molecule has 0 saturated heterocycles. The summed E-state index contributed by atoms with van der Waals surface area (Å²) >= 11 is 0. The van der Waals surface area contributed by atoms with Crippen LogP contribution in [-0.2, 0) is 6.42 Å². The maximum Gasteiger partial charge on any atom is 0.119 e. The average Bonchev–Trinajstić information content (AvgIpc) is 2.91. The van der Waals surface area contributed by atoms with Gasteiger partial charge in [-0.15, -0.1) is 5.73 Å². The van der Waals surface area contributed by atoms with Crippen LogP contribution in [0.5, 0.6) is 5.75 Å². The zero-order chi connectivity index (χ0) is 16.0. The topological polar surface area (TPSA) is 9.23 Å². The predicted molar refractivity (Wildman–Crippen MR) is 94.9 cm³/mol. The second kappa shape index (κ2) is 5.56. The molecule has 4 atom stereocenters. The van der Waals surface area contributed by atoms with Crippen LogP contribution in [0.3, 0.4) is 0 Å². The summed E-state index contributed by atoms with van der Waals surface area (Å²) in [4.78, 5) is 0. The largest absolute Gasteiger partial charge is 0.497 e. The zero-order valence-electron chi connectivity index (χ0n) is 14.7. The van der Waals surface area contributed by atoms with Crippen molar-refractivity contribution in [3.63, 3.8) is 0 Å². The highest BCUT2D eigenvalue weighted by Gasteiger charge is 2.52. The van der Waals surface area contributed by atoms with Crippen LogP contribution in [-0.4, -0.2) is 7.11 Å². The standard InChI is InChI=1S/C22H28O/c1-4-5-16-7-11-21-20-9-6-15-14-17(23-3)8-10-18(15)19(20)12-13-22(16,21)2/h4,8,10,14,19-21H,6-7,9,11-13H2,1-3H3. The fourth-order valence-electron chi connectivity index (χ4n) is 5.91. The van der Waals surface area contributed by atoms with Crippen LogP contribution >= 0.6 is 0 Å². The molecule has 1 heteroatoms. The third-order valence-electron chi connectivity index (χ3n) is 7.04. The van der Waals surface area contributed by atoms with E-state index in [0.717, 1.165) is 23.5 Å². The number of ether oxygens (including phenoxy) is 1. The fourth-order valence-corrected chi connectivity index (χ4v) is 5.91. The van der Waals surface area contributed by atoms with E-state index in [-0.39, 0.29) is 0 Å². The zero-order valence-corrected chi connectivity index (χ0v) is 14.7. The van der Waals surface area contributed by atoms with Crippen LogP contribution in [0.15, 0.2) is 35.6 Å². The molecule has 0 aromatic heterocycles. The van der Waals surface area contributed by atoms with Gasteiger partial charge in [-0.2, -0.15) is 0 Å². The van der Waals surface area contributed by atoms with Crippen LogP contribution in [0, 0.1) is 17.3 Å². The van der Waals surface area contributed by atoms with Crippen molar-refractivity contribution in [2.75, 3.05) is 7.11 Å². The summed E-state index contributed by atoms with van der Waals surface area (Å²) < 4.78 is 5.43. The molecule has 3 aliphatic rings. The summed E-state index contributed by atoms with van der Waals surface area (Å²) in [7, 11) is 1.77. The van der Waals surface area contributed by atoms with E-state index in [1.54, 1.807) is 18.2 Å². The predicted octanol–water partition coefficient (Wildman–Crippen LogP) is 5.65. The highest BCUT2D eigenvalue weighted by Crippen LogP contribution is 2.62. The van der Waals surface area contributed by atoms with Gasteiger partial charge in [0.25, 0.3) is 0 Å². The Bertz CT molecular complexity index is 679. The monoisotopic (exact) mass is 308 g/mol. The lowest BCUT2D eigenvalue weighted by Gasteiger charge is -2.49. The molecule has 0 radical (unpaired) electrons. The third kappa shape index (κ3) is 2.21. The molecule has 0 N–H and O–H groups in total. The second-order valence-corrected chi connectivity index (χ2v) is 7.89. The third-order valence-corrected chi connectivity index (χ3v) is 7.04. The lowest BCUT2D eigenvalue weighted by molar-refractivity contribution is 0.0815. The van der Waals surface area contributed by atoms with E-state index in [1.165, 1.54) is 44.1 Å². The first-order chi connectivity index (χ1) is 11.2. The van der Waals surface area contributed by atoms with Crippen molar-refractivity contribution in [1.29, 1.82) is 0 Å². The molecular weight excluding hydrogens is 280 g/mol. The number of allylic oxidation sites excluding steroid dienone is 1. The van der Waals surface area contributed by atoms with E-state index < -0.39 is 0 Å². The Labute approximate surface area is 140 Å². The summed E-state index contributed by atoms with van der Waals surface area (Å²) in [6, 6.07) is 6.79. The van der Waals surface area contributed by atoms with Gasteiger partial charge in [0, 0.05) is 0 Å². The van der Waals surface area contributed by atoms with Crippen molar-refractivity contribution in [2.45, 2.75) is 58.3 Å². The van der Waals surface area contributed by atoms with Crippen molar-refractivity contribution >= 4 is 0 Å². The molecule has 1 aromatic rings. The molecule has 1 nitrogen and oxygen atoms in total. The van der Waals surface area contributed by atoms with Crippen molar-refractivity contribution < 1.29 is 4.74 Å². The number of hydrogen-bond donors (Lipinski definition) is 0. The first-order valence-corrected chi connectivity index (χ1v) is 9.25. The van der Waals surface area contributed by atoms with Crippen LogP contribution in [0.25, 0.3) is 0 Å².